The molecule has 0 spiro atoms. The lowest BCUT2D eigenvalue weighted by atomic mass is 10.1. The van der Waals surface area contributed by atoms with Gasteiger partial charge >= 0.3 is 5.97 Å². The largest absolute Gasteiger partial charge is 0.492 e. The van der Waals surface area contributed by atoms with Crippen LogP contribution < -0.4 is 10.5 Å². The van der Waals surface area contributed by atoms with Crippen LogP contribution in [-0.2, 0) is 16.0 Å². The summed E-state index contributed by atoms with van der Waals surface area (Å²) < 4.78 is 10.5. The number of rotatable bonds is 9. The monoisotopic (exact) mass is 267 g/mol. The van der Waals surface area contributed by atoms with E-state index in [1.54, 1.807) is 6.92 Å². The Bertz CT molecular complexity index is 378. The Kier molecular flexibility index (Phi) is 6.92. The summed E-state index contributed by atoms with van der Waals surface area (Å²) >= 11 is 0. The Morgan fingerprint density at radius 2 is 2.05 bits per heavy atom. The van der Waals surface area contributed by atoms with Crippen LogP contribution in [0.1, 0.15) is 18.9 Å². The molecule has 0 radical (unpaired) electrons. The second-order valence-corrected chi connectivity index (χ2v) is 4.10. The Labute approximate surface area is 113 Å². The van der Waals surface area contributed by atoms with Crippen LogP contribution in [0.15, 0.2) is 24.3 Å². The van der Waals surface area contributed by atoms with Crippen LogP contribution >= 0.6 is 0 Å². The van der Waals surface area contributed by atoms with Gasteiger partial charge in [-0.15, -0.1) is 0 Å². The third kappa shape index (κ3) is 5.72. The topological polar surface area (TPSA) is 81.8 Å². The fraction of sp³-hybridized carbons (Fsp3) is 0.500. The molecule has 0 fully saturated rings. The summed E-state index contributed by atoms with van der Waals surface area (Å²) in [6.45, 7) is 3.17. The lowest BCUT2D eigenvalue weighted by Gasteiger charge is -2.12. The van der Waals surface area contributed by atoms with E-state index < -0.39 is 12.1 Å². The Hall–Kier alpha value is -1.59. The van der Waals surface area contributed by atoms with E-state index in [9.17, 15) is 4.79 Å². The number of hydrogen-bond donors (Lipinski definition) is 2. The average Bonchev–Trinajstić information content (AvgIpc) is 2.42. The van der Waals surface area contributed by atoms with Gasteiger partial charge in [0.15, 0.2) is 6.10 Å². The molecule has 0 aliphatic heterocycles. The van der Waals surface area contributed by atoms with Crippen LogP contribution in [0.5, 0.6) is 5.75 Å². The van der Waals surface area contributed by atoms with Gasteiger partial charge < -0.3 is 20.3 Å². The molecule has 5 heteroatoms. The first kappa shape index (κ1) is 15.5. The summed E-state index contributed by atoms with van der Waals surface area (Å²) in [6, 6.07) is 7.58. The number of aryl methyl sites for hydroxylation is 1. The smallest absolute Gasteiger partial charge is 0.332 e. The fourth-order valence-electron chi connectivity index (χ4n) is 1.71. The highest BCUT2D eigenvalue weighted by Crippen LogP contribution is 2.14. The van der Waals surface area contributed by atoms with E-state index in [1.807, 2.05) is 24.3 Å². The highest BCUT2D eigenvalue weighted by Gasteiger charge is 2.16. The van der Waals surface area contributed by atoms with Crippen molar-refractivity contribution in [2.45, 2.75) is 25.9 Å². The zero-order valence-corrected chi connectivity index (χ0v) is 11.2. The predicted octanol–water partition coefficient (Wildman–Crippen LogP) is 1.45. The second kappa shape index (κ2) is 8.50. The first-order valence-electron chi connectivity index (χ1n) is 6.43. The number of carboxylic acid groups (broad SMARTS) is 1. The first-order valence-corrected chi connectivity index (χ1v) is 6.43. The molecule has 1 atom stereocenters. The summed E-state index contributed by atoms with van der Waals surface area (Å²) in [6.07, 6.45) is 0.388. The van der Waals surface area contributed by atoms with Gasteiger partial charge in [0.05, 0.1) is 0 Å². The van der Waals surface area contributed by atoms with Crippen molar-refractivity contribution in [3.63, 3.8) is 0 Å². The summed E-state index contributed by atoms with van der Waals surface area (Å²) in [7, 11) is 0. The number of carbonyl (C=O) groups is 1. The van der Waals surface area contributed by atoms with E-state index in [0.29, 0.717) is 32.6 Å². The summed E-state index contributed by atoms with van der Waals surface area (Å²) in [5, 5.41) is 8.97. The molecule has 0 unspecified atom stereocenters. The van der Waals surface area contributed by atoms with Crippen molar-refractivity contribution in [3.8, 4) is 5.75 Å². The van der Waals surface area contributed by atoms with Crippen molar-refractivity contribution in [3.05, 3.63) is 29.8 Å². The van der Waals surface area contributed by atoms with E-state index >= 15 is 0 Å². The quantitative estimate of drug-likeness (QED) is 0.707. The molecular weight excluding hydrogens is 246 g/mol. The second-order valence-electron chi connectivity index (χ2n) is 4.10. The normalized spacial score (nSPS) is 12.1. The van der Waals surface area contributed by atoms with Crippen molar-refractivity contribution in [2.75, 3.05) is 19.8 Å². The number of benzene rings is 1. The lowest BCUT2D eigenvalue weighted by molar-refractivity contribution is -0.150. The predicted molar refractivity (Wildman–Crippen MR) is 72.4 cm³/mol. The fourth-order valence-corrected chi connectivity index (χ4v) is 1.71. The Morgan fingerprint density at radius 1 is 1.37 bits per heavy atom. The molecule has 0 heterocycles. The van der Waals surface area contributed by atoms with E-state index in [0.717, 1.165) is 11.3 Å². The zero-order chi connectivity index (χ0) is 14.1. The number of hydrogen-bond acceptors (Lipinski definition) is 4. The molecule has 19 heavy (non-hydrogen) atoms. The molecule has 0 aliphatic rings. The molecule has 5 nitrogen and oxygen atoms in total. The number of ether oxygens (including phenoxy) is 2. The van der Waals surface area contributed by atoms with Gasteiger partial charge in [-0.3, -0.25) is 0 Å². The first-order chi connectivity index (χ1) is 9.17. The van der Waals surface area contributed by atoms with Crippen LogP contribution in [0.3, 0.4) is 0 Å². The molecule has 0 saturated carbocycles. The van der Waals surface area contributed by atoms with Crippen molar-refractivity contribution < 1.29 is 19.4 Å². The van der Waals surface area contributed by atoms with Gasteiger partial charge in [0.1, 0.15) is 12.4 Å². The molecule has 0 aromatic heterocycles. The van der Waals surface area contributed by atoms with E-state index in [4.69, 9.17) is 20.3 Å². The van der Waals surface area contributed by atoms with E-state index in [-0.39, 0.29) is 0 Å². The molecule has 3 N–H and O–H groups in total. The third-order valence-electron chi connectivity index (χ3n) is 2.65. The summed E-state index contributed by atoms with van der Waals surface area (Å²) in [4.78, 5) is 10.9. The molecule has 0 amide bonds. The maximum atomic E-state index is 10.9. The Morgan fingerprint density at radius 3 is 2.58 bits per heavy atom. The summed E-state index contributed by atoms with van der Waals surface area (Å²) in [5.41, 5.74) is 6.41. The van der Waals surface area contributed by atoms with Gasteiger partial charge in [-0.05, 0) is 37.5 Å². The number of carboxylic acids is 1. The van der Waals surface area contributed by atoms with Crippen LogP contribution in [-0.4, -0.2) is 36.9 Å². The van der Waals surface area contributed by atoms with E-state index in [2.05, 4.69) is 0 Å². The van der Waals surface area contributed by atoms with Gasteiger partial charge in [0, 0.05) is 13.2 Å². The molecule has 1 aromatic carbocycles. The molecule has 1 rings (SSSR count). The van der Waals surface area contributed by atoms with Gasteiger partial charge in [-0.25, -0.2) is 4.79 Å². The van der Waals surface area contributed by atoms with Gasteiger partial charge in [0.25, 0.3) is 0 Å². The minimum absolute atomic E-state index is 0.406. The number of aliphatic carboxylic acids is 1. The SMILES string of the molecule is CCO[C@@H](CCc1ccc(OCCN)cc1)C(=O)O. The van der Waals surface area contributed by atoms with Gasteiger partial charge in [-0.2, -0.15) is 0 Å². The van der Waals surface area contributed by atoms with Crippen LogP contribution in [0.2, 0.25) is 0 Å². The maximum absolute atomic E-state index is 10.9. The molecule has 106 valence electrons. The third-order valence-corrected chi connectivity index (χ3v) is 2.65. The van der Waals surface area contributed by atoms with Crippen molar-refractivity contribution >= 4 is 5.97 Å². The standard InChI is InChI=1S/C14H21NO4/c1-2-18-13(14(16)17)8-5-11-3-6-12(7-4-11)19-10-9-15/h3-4,6-7,13H,2,5,8-10,15H2,1H3,(H,16,17)/t13-/m0/s1. The minimum Gasteiger partial charge on any atom is -0.492 e. The van der Waals surface area contributed by atoms with Crippen LogP contribution in [0, 0.1) is 0 Å². The van der Waals surface area contributed by atoms with Crippen molar-refractivity contribution in [1.82, 2.24) is 0 Å². The highest BCUT2D eigenvalue weighted by molar-refractivity contribution is 5.72. The average molecular weight is 267 g/mol. The van der Waals surface area contributed by atoms with Crippen molar-refractivity contribution in [1.29, 1.82) is 0 Å². The molecular formula is C14H21NO4. The maximum Gasteiger partial charge on any atom is 0.332 e. The summed E-state index contributed by atoms with van der Waals surface area (Å²) in [5.74, 6) is -0.140. The zero-order valence-electron chi connectivity index (χ0n) is 11.2. The van der Waals surface area contributed by atoms with Crippen molar-refractivity contribution in [2.24, 2.45) is 5.73 Å². The molecule has 1 aromatic rings. The van der Waals surface area contributed by atoms with Crippen LogP contribution in [0.4, 0.5) is 0 Å². The van der Waals surface area contributed by atoms with E-state index in [1.165, 1.54) is 0 Å². The minimum atomic E-state index is -0.912. The number of nitrogens with two attached hydrogens (primary N) is 1. The lowest BCUT2D eigenvalue weighted by Crippen LogP contribution is -2.24. The molecule has 0 aliphatic carbocycles. The molecule has 0 bridgehead atoms. The van der Waals surface area contributed by atoms with Gasteiger partial charge in [-0.1, -0.05) is 12.1 Å². The van der Waals surface area contributed by atoms with Crippen LogP contribution in [0.25, 0.3) is 0 Å². The van der Waals surface area contributed by atoms with Gasteiger partial charge in [0.2, 0.25) is 0 Å². The Balaban J connectivity index is 2.46. The molecule has 0 saturated heterocycles. The highest BCUT2D eigenvalue weighted by atomic mass is 16.5.